The summed E-state index contributed by atoms with van der Waals surface area (Å²) in [5, 5.41) is 7.27. The summed E-state index contributed by atoms with van der Waals surface area (Å²) in [5.74, 6) is 0.490. The molecule has 1 aromatic carbocycles. The van der Waals surface area contributed by atoms with Gasteiger partial charge in [0.05, 0.1) is 23.3 Å². The average Bonchev–Trinajstić information content (AvgIpc) is 3.37. The first-order valence-corrected chi connectivity index (χ1v) is 8.73. The molecule has 1 atom stereocenters. The predicted octanol–water partition coefficient (Wildman–Crippen LogP) is 3.26. The predicted molar refractivity (Wildman–Crippen MR) is 89.3 cm³/mol. The van der Waals surface area contributed by atoms with Crippen LogP contribution in [0.4, 0.5) is 0 Å². The number of H-pyrrole nitrogens is 1. The number of amides is 1. The molecule has 2 fully saturated rings. The lowest BCUT2D eigenvalue weighted by molar-refractivity contribution is -0.0230. The molecule has 0 spiro atoms. The van der Waals surface area contributed by atoms with E-state index >= 15 is 0 Å². The Labute approximate surface area is 143 Å². The smallest absolute Gasteiger partial charge is 0.275 e. The number of carbonyl (C=O) groups is 1. The Kier molecular flexibility index (Phi) is 3.95. The van der Waals surface area contributed by atoms with Gasteiger partial charge in [0.25, 0.3) is 5.91 Å². The molecule has 1 saturated heterocycles. The summed E-state index contributed by atoms with van der Waals surface area (Å²) < 4.78 is 6.66. The number of carbonyl (C=O) groups excluding carboxylic acids is 1. The third-order valence-corrected chi connectivity index (χ3v) is 5.25. The molecule has 1 aliphatic heterocycles. The van der Waals surface area contributed by atoms with E-state index in [9.17, 15) is 4.79 Å². The van der Waals surface area contributed by atoms with Crippen molar-refractivity contribution in [2.24, 2.45) is 0 Å². The first kappa shape index (κ1) is 14.9. The highest BCUT2D eigenvalue weighted by molar-refractivity contribution is 9.10. The summed E-state index contributed by atoms with van der Waals surface area (Å²) in [6.45, 7) is 1.70. The second-order valence-electron chi connectivity index (χ2n) is 6.10. The van der Waals surface area contributed by atoms with E-state index in [1.807, 2.05) is 35.2 Å². The summed E-state index contributed by atoms with van der Waals surface area (Å²) in [6.07, 6.45) is 2.26. The van der Waals surface area contributed by atoms with Gasteiger partial charge in [-0.1, -0.05) is 30.3 Å². The maximum absolute atomic E-state index is 12.8. The van der Waals surface area contributed by atoms with E-state index in [1.54, 1.807) is 0 Å². The van der Waals surface area contributed by atoms with Crippen LogP contribution in [0.25, 0.3) is 0 Å². The molecular weight excluding hydrogens is 358 g/mol. The zero-order valence-corrected chi connectivity index (χ0v) is 14.3. The zero-order chi connectivity index (χ0) is 15.8. The fraction of sp³-hybridized carbons (Fsp3) is 0.412. The van der Waals surface area contributed by atoms with E-state index < -0.39 is 0 Å². The van der Waals surface area contributed by atoms with Crippen molar-refractivity contribution in [3.8, 4) is 0 Å². The van der Waals surface area contributed by atoms with E-state index in [1.165, 1.54) is 12.8 Å². The van der Waals surface area contributed by atoms with Crippen molar-refractivity contribution in [2.75, 3.05) is 19.7 Å². The molecule has 0 bridgehead atoms. The third-order valence-electron chi connectivity index (χ3n) is 4.45. The molecule has 5 nitrogen and oxygen atoms in total. The zero-order valence-electron chi connectivity index (χ0n) is 12.7. The minimum absolute atomic E-state index is 0.0377. The van der Waals surface area contributed by atoms with Crippen molar-refractivity contribution in [3.63, 3.8) is 0 Å². The highest BCUT2D eigenvalue weighted by atomic mass is 79.9. The Morgan fingerprint density at radius 3 is 2.83 bits per heavy atom. The van der Waals surface area contributed by atoms with E-state index in [0.29, 0.717) is 31.3 Å². The second kappa shape index (κ2) is 6.09. The van der Waals surface area contributed by atoms with Crippen LogP contribution in [0.2, 0.25) is 0 Å². The number of aromatic nitrogens is 2. The lowest BCUT2D eigenvalue weighted by Gasteiger charge is -2.32. The normalized spacial score (nSPS) is 21.4. The van der Waals surface area contributed by atoms with Gasteiger partial charge in [0.2, 0.25) is 0 Å². The molecule has 0 radical (unpaired) electrons. The third kappa shape index (κ3) is 2.93. The number of aromatic amines is 1. The molecule has 2 heterocycles. The van der Waals surface area contributed by atoms with Crippen molar-refractivity contribution in [1.29, 1.82) is 0 Å². The molecule has 120 valence electrons. The molecule has 2 aromatic rings. The fourth-order valence-corrected chi connectivity index (χ4v) is 3.65. The number of hydrogen-bond acceptors (Lipinski definition) is 3. The number of hydrogen-bond donors (Lipinski definition) is 1. The molecule has 1 saturated carbocycles. The Hall–Kier alpha value is -1.66. The van der Waals surface area contributed by atoms with Crippen molar-refractivity contribution >= 4 is 21.8 Å². The summed E-state index contributed by atoms with van der Waals surface area (Å²) >= 11 is 3.55. The van der Waals surface area contributed by atoms with Gasteiger partial charge >= 0.3 is 0 Å². The van der Waals surface area contributed by atoms with Crippen LogP contribution in [-0.4, -0.2) is 40.7 Å². The van der Waals surface area contributed by atoms with Crippen LogP contribution in [0.1, 0.15) is 46.6 Å². The lowest BCUT2D eigenvalue weighted by atomic mass is 10.1. The maximum atomic E-state index is 12.8. The fourth-order valence-electron chi connectivity index (χ4n) is 2.98. The number of rotatable bonds is 3. The Bertz CT molecular complexity index is 712. The maximum Gasteiger partial charge on any atom is 0.275 e. The van der Waals surface area contributed by atoms with Crippen molar-refractivity contribution in [1.82, 2.24) is 15.1 Å². The van der Waals surface area contributed by atoms with E-state index in [-0.39, 0.29) is 12.0 Å². The SMILES string of the molecule is O=C(c1n[nH]c(C2CC2)c1Br)N1CCOC(c2ccccc2)C1. The van der Waals surface area contributed by atoms with Crippen molar-refractivity contribution < 1.29 is 9.53 Å². The highest BCUT2D eigenvalue weighted by Crippen LogP contribution is 2.43. The van der Waals surface area contributed by atoms with Gasteiger partial charge in [-0.2, -0.15) is 5.10 Å². The number of nitrogens with one attached hydrogen (secondary N) is 1. The molecular formula is C17H18BrN3O2. The summed E-state index contributed by atoms with van der Waals surface area (Å²) in [5.41, 5.74) is 2.64. The molecule has 1 aromatic heterocycles. The topological polar surface area (TPSA) is 58.2 Å². The highest BCUT2D eigenvalue weighted by Gasteiger charge is 2.33. The summed E-state index contributed by atoms with van der Waals surface area (Å²) in [7, 11) is 0. The summed E-state index contributed by atoms with van der Waals surface area (Å²) in [4.78, 5) is 14.6. The van der Waals surface area contributed by atoms with Crippen LogP contribution < -0.4 is 0 Å². The number of benzene rings is 1. The number of halogens is 1. The molecule has 1 unspecified atom stereocenters. The van der Waals surface area contributed by atoms with Gasteiger partial charge in [0.1, 0.15) is 6.10 Å². The van der Waals surface area contributed by atoms with E-state index in [2.05, 4.69) is 26.1 Å². The van der Waals surface area contributed by atoms with Gasteiger partial charge in [-0.3, -0.25) is 9.89 Å². The first-order valence-electron chi connectivity index (χ1n) is 7.93. The van der Waals surface area contributed by atoms with E-state index in [0.717, 1.165) is 15.7 Å². The molecule has 1 amide bonds. The standard InChI is InChI=1S/C17H18BrN3O2/c18-14-15(12-6-7-12)19-20-16(14)17(22)21-8-9-23-13(10-21)11-4-2-1-3-5-11/h1-5,12-13H,6-10H2,(H,19,20). The largest absolute Gasteiger partial charge is 0.370 e. The van der Waals surface area contributed by atoms with Gasteiger partial charge in [0, 0.05) is 12.5 Å². The number of ether oxygens (including phenoxy) is 1. The monoisotopic (exact) mass is 375 g/mol. The number of morpholine rings is 1. The lowest BCUT2D eigenvalue weighted by Crippen LogP contribution is -2.42. The average molecular weight is 376 g/mol. The van der Waals surface area contributed by atoms with Gasteiger partial charge in [-0.15, -0.1) is 0 Å². The van der Waals surface area contributed by atoms with Crippen LogP contribution in [-0.2, 0) is 4.74 Å². The number of nitrogens with zero attached hydrogens (tertiary/aromatic N) is 2. The second-order valence-corrected chi connectivity index (χ2v) is 6.89. The van der Waals surface area contributed by atoms with Crippen molar-refractivity contribution in [2.45, 2.75) is 24.9 Å². The van der Waals surface area contributed by atoms with Gasteiger partial charge < -0.3 is 9.64 Å². The molecule has 4 rings (SSSR count). The molecule has 1 aliphatic carbocycles. The van der Waals surface area contributed by atoms with Crippen LogP contribution in [0.5, 0.6) is 0 Å². The van der Waals surface area contributed by atoms with Crippen LogP contribution in [0, 0.1) is 0 Å². The Balaban J connectivity index is 1.52. The minimum Gasteiger partial charge on any atom is -0.370 e. The minimum atomic E-state index is -0.0745. The van der Waals surface area contributed by atoms with Crippen LogP contribution in [0.3, 0.4) is 0 Å². The van der Waals surface area contributed by atoms with Gasteiger partial charge in [-0.25, -0.2) is 0 Å². The van der Waals surface area contributed by atoms with Crippen molar-refractivity contribution in [3.05, 3.63) is 51.8 Å². The van der Waals surface area contributed by atoms with E-state index in [4.69, 9.17) is 4.74 Å². The quantitative estimate of drug-likeness (QED) is 0.895. The molecule has 6 heteroatoms. The molecule has 23 heavy (non-hydrogen) atoms. The van der Waals surface area contributed by atoms with Crippen LogP contribution >= 0.6 is 15.9 Å². The first-order chi connectivity index (χ1) is 11.2. The molecule has 2 aliphatic rings. The van der Waals surface area contributed by atoms with Gasteiger partial charge in [-0.05, 0) is 34.3 Å². The Morgan fingerprint density at radius 1 is 1.30 bits per heavy atom. The van der Waals surface area contributed by atoms with Gasteiger partial charge in [0.15, 0.2) is 5.69 Å². The Morgan fingerprint density at radius 2 is 2.09 bits per heavy atom. The van der Waals surface area contributed by atoms with Crippen LogP contribution in [0.15, 0.2) is 34.8 Å². The molecule has 1 N–H and O–H groups in total. The summed E-state index contributed by atoms with van der Waals surface area (Å²) in [6, 6.07) is 10.0.